The van der Waals surface area contributed by atoms with Crippen molar-refractivity contribution in [2.75, 3.05) is 6.26 Å². The van der Waals surface area contributed by atoms with Crippen LogP contribution in [0.2, 0.25) is 0 Å². The Bertz CT molecular complexity index is 918. The lowest BCUT2D eigenvalue weighted by Crippen LogP contribution is -1.95. The highest BCUT2D eigenvalue weighted by Gasteiger charge is 2.23. The molecule has 0 N–H and O–H groups in total. The molecule has 3 aromatic rings. The zero-order valence-electron chi connectivity index (χ0n) is 11.9. The van der Waals surface area contributed by atoms with Gasteiger partial charge in [-0.05, 0) is 52.8 Å². The number of thioether (sulfide) groups is 1. The lowest BCUT2D eigenvalue weighted by atomic mass is 9.92. The highest BCUT2D eigenvalue weighted by atomic mass is 32.2. The minimum Gasteiger partial charge on any atom is -0.192 e. The molecule has 102 valence electrons. The molecular weight excluding hydrogens is 274 g/mol. The number of aryl methyl sites for hydroxylation is 1. The number of hydrogen-bond acceptors (Lipinski definition) is 2. The van der Waals surface area contributed by atoms with Gasteiger partial charge in [0.05, 0.1) is 5.56 Å². The lowest BCUT2D eigenvalue weighted by Gasteiger charge is -2.15. The predicted molar refractivity (Wildman–Crippen MR) is 90.0 cm³/mol. The van der Waals surface area contributed by atoms with E-state index in [1.807, 2.05) is 0 Å². The van der Waals surface area contributed by atoms with Crippen LogP contribution in [-0.4, -0.2) is 6.26 Å². The second-order valence-corrected chi connectivity index (χ2v) is 6.36. The van der Waals surface area contributed by atoms with Gasteiger partial charge in [0, 0.05) is 10.3 Å². The summed E-state index contributed by atoms with van der Waals surface area (Å²) in [5, 5.41) is 14.6. The molecule has 1 aliphatic rings. The molecule has 0 aromatic heterocycles. The summed E-state index contributed by atoms with van der Waals surface area (Å²) in [6, 6.07) is 15.3. The Kier molecular flexibility index (Phi) is 2.90. The standard InChI is InChI=1S/C19H15NS/c1-21-19-16-8-4-7-14(16)15-10-9-12-5-2-3-6-13(12)18(15)17(19)11-20/h2-3,5-6,9-10H,4,7-8H2,1H3. The largest absolute Gasteiger partial charge is 0.192 e. The molecule has 0 aliphatic heterocycles. The molecule has 0 saturated heterocycles. The first-order chi connectivity index (χ1) is 10.3. The summed E-state index contributed by atoms with van der Waals surface area (Å²) in [5.41, 5.74) is 3.76. The molecule has 0 spiro atoms. The van der Waals surface area contributed by atoms with E-state index in [-0.39, 0.29) is 0 Å². The Morgan fingerprint density at radius 3 is 2.62 bits per heavy atom. The van der Waals surface area contributed by atoms with Gasteiger partial charge in [0.15, 0.2) is 0 Å². The Balaban J connectivity index is 2.31. The molecule has 0 bridgehead atoms. The summed E-state index contributed by atoms with van der Waals surface area (Å²) in [6.45, 7) is 0. The molecule has 1 aliphatic carbocycles. The fourth-order valence-corrected chi connectivity index (χ4v) is 4.50. The van der Waals surface area contributed by atoms with Gasteiger partial charge in [0.1, 0.15) is 6.07 Å². The van der Waals surface area contributed by atoms with Crippen LogP contribution in [0.15, 0.2) is 41.3 Å². The Morgan fingerprint density at radius 2 is 1.81 bits per heavy atom. The van der Waals surface area contributed by atoms with E-state index in [9.17, 15) is 5.26 Å². The van der Waals surface area contributed by atoms with Crippen molar-refractivity contribution >= 4 is 33.3 Å². The summed E-state index contributed by atoms with van der Waals surface area (Å²) < 4.78 is 0. The van der Waals surface area contributed by atoms with Crippen molar-refractivity contribution in [2.24, 2.45) is 0 Å². The van der Waals surface area contributed by atoms with E-state index in [0.717, 1.165) is 23.8 Å². The minimum atomic E-state index is 0.870. The summed E-state index contributed by atoms with van der Waals surface area (Å²) in [7, 11) is 0. The SMILES string of the molecule is CSc1c2c(c3ccc4ccccc4c3c1C#N)CCC2. The summed E-state index contributed by atoms with van der Waals surface area (Å²) >= 11 is 1.73. The fourth-order valence-electron chi connectivity index (χ4n) is 3.68. The zero-order valence-corrected chi connectivity index (χ0v) is 12.8. The van der Waals surface area contributed by atoms with Gasteiger partial charge >= 0.3 is 0 Å². The third-order valence-corrected chi connectivity index (χ3v) is 5.40. The molecule has 0 heterocycles. The van der Waals surface area contributed by atoms with Gasteiger partial charge in [0.2, 0.25) is 0 Å². The van der Waals surface area contributed by atoms with Crippen LogP contribution in [0.3, 0.4) is 0 Å². The van der Waals surface area contributed by atoms with E-state index >= 15 is 0 Å². The Morgan fingerprint density at radius 1 is 1.00 bits per heavy atom. The van der Waals surface area contributed by atoms with Crippen LogP contribution in [0.1, 0.15) is 23.1 Å². The van der Waals surface area contributed by atoms with Crippen LogP contribution in [0.5, 0.6) is 0 Å². The van der Waals surface area contributed by atoms with Gasteiger partial charge in [-0.2, -0.15) is 5.26 Å². The van der Waals surface area contributed by atoms with Crippen molar-refractivity contribution in [3.05, 3.63) is 53.1 Å². The van der Waals surface area contributed by atoms with E-state index in [1.54, 1.807) is 11.8 Å². The van der Waals surface area contributed by atoms with Crippen molar-refractivity contribution in [2.45, 2.75) is 24.2 Å². The van der Waals surface area contributed by atoms with Crippen LogP contribution < -0.4 is 0 Å². The number of rotatable bonds is 1. The normalized spacial score (nSPS) is 13.5. The number of hydrogen-bond donors (Lipinski definition) is 0. The van der Waals surface area contributed by atoms with Gasteiger partial charge in [-0.3, -0.25) is 0 Å². The van der Waals surface area contributed by atoms with E-state index < -0.39 is 0 Å². The Labute approximate surface area is 128 Å². The lowest BCUT2D eigenvalue weighted by molar-refractivity contribution is 0.906. The number of benzene rings is 3. The molecule has 4 rings (SSSR count). The molecule has 21 heavy (non-hydrogen) atoms. The van der Waals surface area contributed by atoms with Crippen molar-refractivity contribution in [1.82, 2.24) is 0 Å². The average molecular weight is 289 g/mol. The average Bonchev–Trinajstić information content (AvgIpc) is 3.02. The van der Waals surface area contributed by atoms with Gasteiger partial charge in [-0.25, -0.2) is 0 Å². The number of fused-ring (bicyclic) bond motifs is 5. The van der Waals surface area contributed by atoms with Gasteiger partial charge in [0.25, 0.3) is 0 Å². The maximum Gasteiger partial charge on any atom is 0.101 e. The maximum atomic E-state index is 9.77. The molecule has 1 nitrogen and oxygen atoms in total. The van der Waals surface area contributed by atoms with Crippen molar-refractivity contribution in [1.29, 1.82) is 5.26 Å². The van der Waals surface area contributed by atoms with Gasteiger partial charge in [-0.15, -0.1) is 11.8 Å². The summed E-state index contributed by atoms with van der Waals surface area (Å²) in [6.07, 6.45) is 5.55. The quantitative estimate of drug-likeness (QED) is 0.461. The summed E-state index contributed by atoms with van der Waals surface area (Å²) in [5.74, 6) is 0. The molecule has 0 fully saturated rings. The van der Waals surface area contributed by atoms with E-state index in [2.05, 4.69) is 48.7 Å². The van der Waals surface area contributed by atoms with Crippen LogP contribution in [-0.2, 0) is 12.8 Å². The third-order valence-electron chi connectivity index (χ3n) is 4.54. The highest BCUT2D eigenvalue weighted by Crippen LogP contribution is 2.42. The minimum absolute atomic E-state index is 0.870. The molecule has 2 heteroatoms. The first-order valence-corrected chi connectivity index (χ1v) is 8.51. The predicted octanol–water partition coefficient (Wildman–Crippen LogP) is 5.08. The van der Waals surface area contributed by atoms with Gasteiger partial charge in [-0.1, -0.05) is 36.4 Å². The fraction of sp³-hybridized carbons (Fsp3) is 0.211. The number of nitrogens with zero attached hydrogens (tertiary/aromatic N) is 1. The maximum absolute atomic E-state index is 9.77. The molecule has 0 atom stereocenters. The van der Waals surface area contributed by atoms with Gasteiger partial charge < -0.3 is 0 Å². The van der Waals surface area contributed by atoms with Crippen LogP contribution in [0, 0.1) is 11.3 Å². The second kappa shape index (κ2) is 4.79. The second-order valence-electron chi connectivity index (χ2n) is 5.54. The molecular formula is C19H15NS. The monoisotopic (exact) mass is 289 g/mol. The van der Waals surface area contributed by atoms with Crippen molar-refractivity contribution in [3.63, 3.8) is 0 Å². The van der Waals surface area contributed by atoms with E-state index in [0.29, 0.717) is 0 Å². The van der Waals surface area contributed by atoms with Crippen LogP contribution >= 0.6 is 11.8 Å². The smallest absolute Gasteiger partial charge is 0.101 e. The van der Waals surface area contributed by atoms with Crippen LogP contribution in [0.4, 0.5) is 0 Å². The molecule has 0 saturated carbocycles. The summed E-state index contributed by atoms with van der Waals surface area (Å²) in [4.78, 5) is 1.20. The third kappa shape index (κ3) is 1.71. The van der Waals surface area contributed by atoms with Crippen LogP contribution in [0.25, 0.3) is 21.5 Å². The number of nitriles is 1. The Hall–Kier alpha value is -1.98. The van der Waals surface area contributed by atoms with E-state index in [4.69, 9.17) is 0 Å². The van der Waals surface area contributed by atoms with Crippen molar-refractivity contribution < 1.29 is 0 Å². The molecule has 0 radical (unpaired) electrons. The first-order valence-electron chi connectivity index (χ1n) is 7.28. The molecule has 0 unspecified atom stereocenters. The van der Waals surface area contributed by atoms with Crippen molar-refractivity contribution in [3.8, 4) is 6.07 Å². The topological polar surface area (TPSA) is 23.8 Å². The first kappa shape index (κ1) is 12.7. The zero-order chi connectivity index (χ0) is 14.4. The van der Waals surface area contributed by atoms with E-state index in [1.165, 1.54) is 38.6 Å². The highest BCUT2D eigenvalue weighted by molar-refractivity contribution is 7.98. The molecule has 3 aromatic carbocycles. The molecule has 0 amide bonds.